The third kappa shape index (κ3) is 1.12. The van der Waals surface area contributed by atoms with Gasteiger partial charge in [-0.2, -0.15) is 0 Å². The summed E-state index contributed by atoms with van der Waals surface area (Å²) < 4.78 is 2.96. The van der Waals surface area contributed by atoms with Gasteiger partial charge in [-0.05, 0) is 9.34 Å². The number of aromatic nitrogens is 1. The Labute approximate surface area is 46.5 Å². The number of aromatic amines is 1. The number of hydrogen-bond donors (Lipinski definition) is 1. The van der Waals surface area contributed by atoms with Crippen molar-refractivity contribution in [3.05, 3.63) is 11.6 Å². The van der Waals surface area contributed by atoms with Gasteiger partial charge in [0.1, 0.15) is 0 Å². The van der Waals surface area contributed by atoms with Gasteiger partial charge < -0.3 is 4.37 Å². The standard InChI is InChI=1S/C2H3NS3/c1-2-4-6-5-3-1/h1-3H. The molecule has 1 aromatic heterocycles. The molecule has 0 aliphatic rings. The van der Waals surface area contributed by atoms with Crippen molar-refractivity contribution in [1.29, 1.82) is 0 Å². The van der Waals surface area contributed by atoms with Crippen LogP contribution in [-0.2, 0) is 0 Å². The lowest BCUT2D eigenvalue weighted by Gasteiger charge is -1.70. The van der Waals surface area contributed by atoms with Crippen LogP contribution in [0.3, 0.4) is 0 Å². The molecule has 0 saturated heterocycles. The Morgan fingerprint density at radius 2 is 2.50 bits per heavy atom. The molecule has 0 unspecified atom stereocenters. The Kier molecular flexibility index (Phi) is 1.73. The maximum atomic E-state index is 2.96. The van der Waals surface area contributed by atoms with E-state index in [2.05, 4.69) is 4.37 Å². The van der Waals surface area contributed by atoms with Gasteiger partial charge in [-0.15, -0.1) is 0 Å². The van der Waals surface area contributed by atoms with Crippen molar-refractivity contribution in [2.75, 3.05) is 0 Å². The third-order valence-electron chi connectivity index (χ3n) is 0.313. The minimum absolute atomic E-state index is 1.64. The van der Waals surface area contributed by atoms with Gasteiger partial charge in [0.15, 0.2) is 0 Å². The fraction of sp³-hybridized carbons (Fsp3) is 0. The van der Waals surface area contributed by atoms with Crippen LogP contribution in [0.15, 0.2) is 11.6 Å². The Morgan fingerprint density at radius 3 is 2.67 bits per heavy atom. The average molecular weight is 137 g/mol. The molecule has 34 valence electrons. The molecule has 0 fully saturated rings. The van der Waals surface area contributed by atoms with Gasteiger partial charge >= 0.3 is 0 Å². The van der Waals surface area contributed by atoms with Crippen LogP contribution in [0.5, 0.6) is 0 Å². The maximum Gasteiger partial charge on any atom is 0.0229 e. The molecule has 0 saturated carbocycles. The van der Waals surface area contributed by atoms with Gasteiger partial charge in [-0.25, -0.2) is 0 Å². The van der Waals surface area contributed by atoms with Crippen LogP contribution in [0.2, 0.25) is 0 Å². The minimum atomic E-state index is 1.64. The molecule has 1 nitrogen and oxygen atoms in total. The summed E-state index contributed by atoms with van der Waals surface area (Å²) in [6.45, 7) is 0. The van der Waals surface area contributed by atoms with Crippen molar-refractivity contribution < 1.29 is 0 Å². The second-order valence-electron chi connectivity index (χ2n) is 0.668. The van der Waals surface area contributed by atoms with Crippen LogP contribution in [-0.4, -0.2) is 4.37 Å². The van der Waals surface area contributed by atoms with Gasteiger partial charge in [0.2, 0.25) is 0 Å². The lowest BCUT2D eigenvalue weighted by molar-refractivity contribution is 1.58. The van der Waals surface area contributed by atoms with E-state index in [1.54, 1.807) is 30.2 Å². The summed E-state index contributed by atoms with van der Waals surface area (Å²) >= 11 is 0. The van der Waals surface area contributed by atoms with Crippen LogP contribution in [0.4, 0.5) is 0 Å². The number of rotatable bonds is 0. The van der Waals surface area contributed by atoms with Crippen molar-refractivity contribution >= 4 is 30.2 Å². The smallest absolute Gasteiger partial charge is 0.0229 e. The second kappa shape index (κ2) is 2.39. The first-order valence-corrected chi connectivity index (χ1v) is 4.94. The molecule has 0 aromatic carbocycles. The molecule has 0 atom stereocenters. The molecule has 4 heteroatoms. The lowest BCUT2D eigenvalue weighted by Crippen LogP contribution is -1.44. The monoisotopic (exact) mass is 137 g/mol. The Hall–Kier alpha value is 0.200. The summed E-state index contributed by atoms with van der Waals surface area (Å²) in [6.07, 6.45) is 1.92. The molecule has 1 aromatic rings. The van der Waals surface area contributed by atoms with Crippen LogP contribution in [0.25, 0.3) is 0 Å². The van der Waals surface area contributed by atoms with Crippen LogP contribution in [0.1, 0.15) is 0 Å². The van der Waals surface area contributed by atoms with Crippen molar-refractivity contribution in [2.45, 2.75) is 0 Å². The Balaban J connectivity index is 3.00. The predicted molar refractivity (Wildman–Crippen MR) is 32.1 cm³/mol. The number of nitrogens with one attached hydrogen (secondary N) is 1. The molecule has 1 N–H and O–H groups in total. The minimum Gasteiger partial charge on any atom is -0.308 e. The molecule has 0 radical (unpaired) electrons. The summed E-state index contributed by atoms with van der Waals surface area (Å²) in [5, 5.41) is 2.02. The highest BCUT2D eigenvalue weighted by Gasteiger charge is 1.59. The predicted octanol–water partition coefficient (Wildman–Crippen LogP) is 2.32. The zero-order valence-corrected chi connectivity index (χ0v) is 5.33. The second-order valence-corrected chi connectivity index (χ2v) is 4.38. The van der Waals surface area contributed by atoms with E-state index in [0.29, 0.717) is 0 Å². The topological polar surface area (TPSA) is 15.8 Å². The van der Waals surface area contributed by atoms with Crippen molar-refractivity contribution in [3.63, 3.8) is 0 Å². The quantitative estimate of drug-likeness (QED) is 0.528. The van der Waals surface area contributed by atoms with Gasteiger partial charge in [-0.3, -0.25) is 0 Å². The molecular formula is C2H3NS3. The first-order valence-electron chi connectivity index (χ1n) is 1.40. The first kappa shape index (κ1) is 4.36. The average Bonchev–Trinajstić information content (AvgIpc) is 1.72. The summed E-state index contributed by atoms with van der Waals surface area (Å²) in [6, 6.07) is 0. The van der Waals surface area contributed by atoms with Crippen LogP contribution >= 0.6 is 30.2 Å². The van der Waals surface area contributed by atoms with E-state index < -0.39 is 0 Å². The molecule has 1 rings (SSSR count). The maximum absolute atomic E-state index is 2.96. The van der Waals surface area contributed by atoms with E-state index in [9.17, 15) is 0 Å². The molecule has 0 spiro atoms. The molecule has 0 aliphatic carbocycles. The van der Waals surface area contributed by atoms with E-state index in [-0.39, 0.29) is 0 Å². The summed E-state index contributed by atoms with van der Waals surface area (Å²) in [5.41, 5.74) is 0. The van der Waals surface area contributed by atoms with E-state index in [1.807, 2.05) is 11.6 Å². The third-order valence-corrected chi connectivity index (χ3v) is 3.32. The zero-order valence-electron chi connectivity index (χ0n) is 2.88. The van der Waals surface area contributed by atoms with E-state index in [1.165, 1.54) is 0 Å². The van der Waals surface area contributed by atoms with Crippen molar-refractivity contribution in [2.24, 2.45) is 0 Å². The molecule has 6 heavy (non-hydrogen) atoms. The molecule has 0 amide bonds. The number of hydrogen-bond acceptors (Lipinski definition) is 3. The highest BCUT2D eigenvalue weighted by Crippen LogP contribution is 2.05. The fourth-order valence-corrected chi connectivity index (χ4v) is 2.42. The van der Waals surface area contributed by atoms with Gasteiger partial charge in [0.05, 0.1) is 0 Å². The van der Waals surface area contributed by atoms with Gasteiger partial charge in [0, 0.05) is 22.1 Å². The largest absolute Gasteiger partial charge is 0.308 e. The Morgan fingerprint density at radius 1 is 1.50 bits per heavy atom. The summed E-state index contributed by atoms with van der Waals surface area (Å²) in [4.78, 5) is 0. The van der Waals surface area contributed by atoms with Crippen LogP contribution < -0.4 is 0 Å². The van der Waals surface area contributed by atoms with Crippen molar-refractivity contribution in [1.82, 2.24) is 4.37 Å². The SMILES string of the molecule is c1csss[nH]1. The number of H-pyrrole nitrogens is 1. The normalized spacial score (nSPS) is 8.00. The highest BCUT2D eigenvalue weighted by molar-refractivity contribution is 7.92. The van der Waals surface area contributed by atoms with Gasteiger partial charge in [-0.1, -0.05) is 10.3 Å². The lowest BCUT2D eigenvalue weighted by atomic mass is 11.1. The molecule has 0 aliphatic heterocycles. The van der Waals surface area contributed by atoms with Gasteiger partial charge in [0.25, 0.3) is 0 Å². The van der Waals surface area contributed by atoms with E-state index in [0.717, 1.165) is 0 Å². The fourth-order valence-electron chi connectivity index (χ4n) is 0.145. The van der Waals surface area contributed by atoms with E-state index >= 15 is 0 Å². The molecule has 1 heterocycles. The zero-order chi connectivity index (χ0) is 4.24. The summed E-state index contributed by atoms with van der Waals surface area (Å²) in [5.74, 6) is 0. The van der Waals surface area contributed by atoms with Crippen molar-refractivity contribution in [3.8, 4) is 0 Å². The first-order chi connectivity index (χ1) is 3.00. The highest BCUT2D eigenvalue weighted by atomic mass is 33.2. The van der Waals surface area contributed by atoms with E-state index in [4.69, 9.17) is 0 Å². The summed E-state index contributed by atoms with van der Waals surface area (Å²) in [7, 11) is 5.10. The van der Waals surface area contributed by atoms with Crippen LogP contribution in [0, 0.1) is 0 Å². The molecular weight excluding hydrogens is 134 g/mol. The molecule has 0 bridgehead atoms. The Bertz CT molecular complexity index is 80.7.